The second kappa shape index (κ2) is 4.74. The van der Waals surface area contributed by atoms with Gasteiger partial charge in [-0.2, -0.15) is 5.10 Å². The van der Waals surface area contributed by atoms with Crippen LogP contribution in [0.25, 0.3) is 0 Å². The van der Waals surface area contributed by atoms with Crippen LogP contribution in [0.2, 0.25) is 0 Å². The average Bonchev–Trinajstić information content (AvgIpc) is 3.09. The monoisotopic (exact) mass is 236 g/mol. The summed E-state index contributed by atoms with van der Waals surface area (Å²) in [6.07, 6.45) is 5.13. The van der Waals surface area contributed by atoms with Gasteiger partial charge in [0.15, 0.2) is 5.82 Å². The summed E-state index contributed by atoms with van der Waals surface area (Å²) in [6.45, 7) is 1.51. The SMILES string of the molecule is CNC1COCC1c1nc(C2CCCC2)n[nH]1. The number of nitrogens with one attached hydrogen (secondary N) is 2. The predicted molar refractivity (Wildman–Crippen MR) is 64.0 cm³/mol. The van der Waals surface area contributed by atoms with Crippen molar-refractivity contribution in [3.8, 4) is 0 Å². The number of aromatic amines is 1. The highest BCUT2D eigenvalue weighted by atomic mass is 16.5. The molecule has 2 N–H and O–H groups in total. The van der Waals surface area contributed by atoms with Gasteiger partial charge in [0.2, 0.25) is 0 Å². The molecule has 0 amide bonds. The maximum absolute atomic E-state index is 5.50. The molecule has 2 aliphatic rings. The molecule has 5 heteroatoms. The Kier molecular flexibility index (Phi) is 3.11. The van der Waals surface area contributed by atoms with E-state index in [1.807, 2.05) is 7.05 Å². The van der Waals surface area contributed by atoms with Gasteiger partial charge < -0.3 is 10.1 Å². The first-order valence-electron chi connectivity index (χ1n) is 6.55. The molecule has 2 heterocycles. The maximum Gasteiger partial charge on any atom is 0.153 e. The topological polar surface area (TPSA) is 62.8 Å². The fourth-order valence-corrected chi connectivity index (χ4v) is 2.93. The standard InChI is InChI=1S/C12H20N4O/c1-13-10-7-17-6-9(10)12-14-11(15-16-12)8-4-2-3-5-8/h8-10,13H,2-7H2,1H3,(H,14,15,16). The molecular formula is C12H20N4O. The van der Waals surface area contributed by atoms with Crippen LogP contribution in [-0.2, 0) is 4.74 Å². The van der Waals surface area contributed by atoms with E-state index >= 15 is 0 Å². The van der Waals surface area contributed by atoms with E-state index < -0.39 is 0 Å². The molecule has 94 valence electrons. The lowest BCUT2D eigenvalue weighted by molar-refractivity contribution is 0.188. The van der Waals surface area contributed by atoms with Gasteiger partial charge in [0.25, 0.3) is 0 Å². The van der Waals surface area contributed by atoms with Crippen LogP contribution in [0.3, 0.4) is 0 Å². The summed E-state index contributed by atoms with van der Waals surface area (Å²) in [5.41, 5.74) is 0. The molecular weight excluding hydrogens is 216 g/mol. The van der Waals surface area contributed by atoms with Crippen LogP contribution < -0.4 is 5.32 Å². The van der Waals surface area contributed by atoms with Crippen molar-refractivity contribution in [3.05, 3.63) is 11.6 Å². The van der Waals surface area contributed by atoms with Crippen LogP contribution >= 0.6 is 0 Å². The largest absolute Gasteiger partial charge is 0.379 e. The van der Waals surface area contributed by atoms with Crippen molar-refractivity contribution in [2.75, 3.05) is 20.3 Å². The first-order chi connectivity index (χ1) is 8.38. The number of nitrogens with zero attached hydrogens (tertiary/aromatic N) is 2. The maximum atomic E-state index is 5.50. The van der Waals surface area contributed by atoms with Crippen molar-refractivity contribution >= 4 is 0 Å². The summed E-state index contributed by atoms with van der Waals surface area (Å²) in [7, 11) is 1.97. The van der Waals surface area contributed by atoms with E-state index in [0.717, 1.165) is 24.9 Å². The fraction of sp³-hybridized carbons (Fsp3) is 0.833. The van der Waals surface area contributed by atoms with Gasteiger partial charge in [-0.3, -0.25) is 5.10 Å². The highest BCUT2D eigenvalue weighted by Crippen LogP contribution is 2.33. The molecule has 1 aliphatic heterocycles. The first-order valence-corrected chi connectivity index (χ1v) is 6.55. The Morgan fingerprint density at radius 3 is 2.88 bits per heavy atom. The van der Waals surface area contributed by atoms with E-state index in [0.29, 0.717) is 17.9 Å². The Labute approximate surface area is 101 Å². The van der Waals surface area contributed by atoms with Crippen LogP contribution in [-0.4, -0.2) is 41.5 Å². The number of hydrogen-bond acceptors (Lipinski definition) is 4. The van der Waals surface area contributed by atoms with Gasteiger partial charge >= 0.3 is 0 Å². The van der Waals surface area contributed by atoms with E-state index in [9.17, 15) is 0 Å². The van der Waals surface area contributed by atoms with E-state index in [1.165, 1.54) is 25.7 Å². The molecule has 2 unspecified atom stereocenters. The molecule has 0 bridgehead atoms. The number of likely N-dealkylation sites (N-methyl/N-ethyl adjacent to an activating group) is 1. The lowest BCUT2D eigenvalue weighted by atomic mass is 10.0. The van der Waals surface area contributed by atoms with Crippen molar-refractivity contribution in [2.45, 2.75) is 43.6 Å². The number of aromatic nitrogens is 3. The Morgan fingerprint density at radius 1 is 1.29 bits per heavy atom. The Hall–Kier alpha value is -0.940. The number of H-pyrrole nitrogens is 1. The summed E-state index contributed by atoms with van der Waals surface area (Å²) in [5, 5.41) is 10.8. The molecule has 1 aliphatic carbocycles. The van der Waals surface area contributed by atoms with Crippen molar-refractivity contribution in [1.29, 1.82) is 0 Å². The third-order valence-corrected chi connectivity index (χ3v) is 4.04. The van der Waals surface area contributed by atoms with Gasteiger partial charge in [0.1, 0.15) is 5.82 Å². The summed E-state index contributed by atoms with van der Waals surface area (Å²) in [4.78, 5) is 4.69. The van der Waals surface area contributed by atoms with Crippen molar-refractivity contribution in [3.63, 3.8) is 0 Å². The molecule has 1 saturated heterocycles. The zero-order chi connectivity index (χ0) is 11.7. The average molecular weight is 236 g/mol. The minimum atomic E-state index is 0.322. The van der Waals surface area contributed by atoms with Crippen LogP contribution in [0.1, 0.15) is 49.2 Å². The lowest BCUT2D eigenvalue weighted by Gasteiger charge is -2.13. The Balaban J connectivity index is 1.75. The predicted octanol–water partition coefficient (Wildman–Crippen LogP) is 1.16. The van der Waals surface area contributed by atoms with Gasteiger partial charge in [0, 0.05) is 12.0 Å². The normalized spacial score (nSPS) is 30.2. The molecule has 3 rings (SSSR count). The highest BCUT2D eigenvalue weighted by Gasteiger charge is 2.32. The molecule has 1 saturated carbocycles. The molecule has 5 nitrogen and oxygen atoms in total. The summed E-state index contributed by atoms with van der Waals surface area (Å²) in [5.74, 6) is 2.90. The minimum absolute atomic E-state index is 0.322. The van der Waals surface area contributed by atoms with Gasteiger partial charge in [-0.15, -0.1) is 0 Å². The quantitative estimate of drug-likeness (QED) is 0.827. The summed E-state index contributed by atoms with van der Waals surface area (Å²) < 4.78 is 5.50. The molecule has 1 aromatic rings. The number of hydrogen-bond donors (Lipinski definition) is 2. The Bertz CT molecular complexity index is 372. The van der Waals surface area contributed by atoms with E-state index in [4.69, 9.17) is 4.74 Å². The summed E-state index contributed by atoms with van der Waals surface area (Å²) in [6, 6.07) is 0.361. The van der Waals surface area contributed by atoms with Crippen molar-refractivity contribution in [1.82, 2.24) is 20.5 Å². The second-order valence-corrected chi connectivity index (χ2v) is 5.10. The molecule has 0 radical (unpaired) electrons. The second-order valence-electron chi connectivity index (χ2n) is 5.10. The third kappa shape index (κ3) is 2.09. The fourth-order valence-electron chi connectivity index (χ4n) is 2.93. The molecule has 2 fully saturated rings. The number of rotatable bonds is 3. The first kappa shape index (κ1) is 11.2. The van der Waals surface area contributed by atoms with Crippen LogP contribution in [0, 0.1) is 0 Å². The summed E-state index contributed by atoms with van der Waals surface area (Å²) >= 11 is 0. The molecule has 2 atom stereocenters. The van der Waals surface area contributed by atoms with Crippen LogP contribution in [0.15, 0.2) is 0 Å². The van der Waals surface area contributed by atoms with Crippen LogP contribution in [0.4, 0.5) is 0 Å². The molecule has 1 aromatic heterocycles. The van der Waals surface area contributed by atoms with Gasteiger partial charge in [-0.25, -0.2) is 4.98 Å². The zero-order valence-electron chi connectivity index (χ0n) is 10.3. The van der Waals surface area contributed by atoms with Crippen molar-refractivity contribution < 1.29 is 4.74 Å². The smallest absolute Gasteiger partial charge is 0.153 e. The molecule has 17 heavy (non-hydrogen) atoms. The van der Waals surface area contributed by atoms with E-state index in [-0.39, 0.29) is 0 Å². The molecule has 0 spiro atoms. The number of ether oxygens (including phenoxy) is 1. The Morgan fingerprint density at radius 2 is 2.12 bits per heavy atom. The highest BCUT2D eigenvalue weighted by molar-refractivity contribution is 5.08. The van der Waals surface area contributed by atoms with Gasteiger partial charge in [-0.1, -0.05) is 12.8 Å². The van der Waals surface area contributed by atoms with Crippen molar-refractivity contribution in [2.24, 2.45) is 0 Å². The third-order valence-electron chi connectivity index (χ3n) is 4.04. The lowest BCUT2D eigenvalue weighted by Crippen LogP contribution is -2.31. The van der Waals surface area contributed by atoms with E-state index in [2.05, 4.69) is 20.5 Å². The van der Waals surface area contributed by atoms with E-state index in [1.54, 1.807) is 0 Å². The molecule has 0 aromatic carbocycles. The van der Waals surface area contributed by atoms with Gasteiger partial charge in [-0.05, 0) is 19.9 Å². The van der Waals surface area contributed by atoms with Crippen LogP contribution in [0.5, 0.6) is 0 Å². The minimum Gasteiger partial charge on any atom is -0.379 e. The zero-order valence-corrected chi connectivity index (χ0v) is 10.3. The van der Waals surface area contributed by atoms with Gasteiger partial charge in [0.05, 0.1) is 19.1 Å².